The molecule has 1 aromatic rings. The van der Waals surface area contributed by atoms with Gasteiger partial charge in [-0.1, -0.05) is 12.8 Å². The predicted molar refractivity (Wildman–Crippen MR) is 57.7 cm³/mol. The highest BCUT2D eigenvalue weighted by Crippen LogP contribution is 2.05. The van der Waals surface area contributed by atoms with Gasteiger partial charge in [-0.25, -0.2) is 4.79 Å². The zero-order valence-electron chi connectivity index (χ0n) is 9.15. The first-order valence-electron chi connectivity index (χ1n) is 5.42. The number of esters is 1. The lowest BCUT2D eigenvalue weighted by Crippen LogP contribution is -2.05. The number of carbonyl (C=O) groups is 1. The van der Waals surface area contributed by atoms with Gasteiger partial charge >= 0.3 is 5.97 Å². The first-order chi connectivity index (χ1) is 7.84. The molecule has 0 N–H and O–H groups in total. The van der Waals surface area contributed by atoms with Crippen molar-refractivity contribution in [3.8, 4) is 6.07 Å². The van der Waals surface area contributed by atoms with Gasteiger partial charge in [0.15, 0.2) is 0 Å². The van der Waals surface area contributed by atoms with Crippen molar-refractivity contribution >= 4 is 5.97 Å². The molecule has 0 aliphatic rings. The molecule has 1 rings (SSSR count). The van der Waals surface area contributed by atoms with Crippen LogP contribution in [0.25, 0.3) is 0 Å². The average Bonchev–Trinajstić information content (AvgIpc) is 2.81. The van der Waals surface area contributed by atoms with E-state index in [-0.39, 0.29) is 5.76 Å². The Kier molecular flexibility index (Phi) is 5.79. The monoisotopic (exact) mass is 221 g/mol. The van der Waals surface area contributed by atoms with Gasteiger partial charge in [0.1, 0.15) is 0 Å². The van der Waals surface area contributed by atoms with Crippen molar-refractivity contribution in [1.29, 1.82) is 5.26 Å². The van der Waals surface area contributed by atoms with Gasteiger partial charge in [0, 0.05) is 6.42 Å². The van der Waals surface area contributed by atoms with Crippen LogP contribution < -0.4 is 0 Å². The highest BCUT2D eigenvalue weighted by Gasteiger charge is 2.08. The number of ether oxygens (including phenoxy) is 1. The number of hydrogen-bond donors (Lipinski definition) is 0. The summed E-state index contributed by atoms with van der Waals surface area (Å²) in [6.07, 6.45) is 5.78. The predicted octanol–water partition coefficient (Wildman–Crippen LogP) is 2.91. The van der Waals surface area contributed by atoms with E-state index in [2.05, 4.69) is 6.07 Å². The fourth-order valence-electron chi connectivity index (χ4n) is 1.29. The SMILES string of the molecule is N#CCCCCCCOC(=O)c1ccco1. The van der Waals surface area contributed by atoms with Crippen molar-refractivity contribution in [2.75, 3.05) is 6.61 Å². The molecule has 86 valence electrons. The van der Waals surface area contributed by atoms with Gasteiger partial charge in [-0.05, 0) is 25.0 Å². The Morgan fingerprint density at radius 1 is 1.38 bits per heavy atom. The van der Waals surface area contributed by atoms with E-state index in [1.165, 1.54) is 6.26 Å². The van der Waals surface area contributed by atoms with Crippen LogP contribution in [-0.4, -0.2) is 12.6 Å². The van der Waals surface area contributed by atoms with Crippen LogP contribution in [0.3, 0.4) is 0 Å². The van der Waals surface area contributed by atoms with E-state index in [4.69, 9.17) is 14.4 Å². The minimum atomic E-state index is -0.415. The number of furan rings is 1. The number of carbonyl (C=O) groups excluding carboxylic acids is 1. The van der Waals surface area contributed by atoms with Crippen LogP contribution in [0.4, 0.5) is 0 Å². The van der Waals surface area contributed by atoms with Gasteiger partial charge in [0.25, 0.3) is 0 Å². The summed E-state index contributed by atoms with van der Waals surface area (Å²) in [6.45, 7) is 0.409. The van der Waals surface area contributed by atoms with Gasteiger partial charge in [0.2, 0.25) is 5.76 Å². The molecule has 0 aromatic carbocycles. The van der Waals surface area contributed by atoms with E-state index >= 15 is 0 Å². The second-order valence-corrected chi connectivity index (χ2v) is 3.44. The normalized spacial score (nSPS) is 9.69. The lowest BCUT2D eigenvalue weighted by atomic mass is 10.2. The zero-order chi connectivity index (χ0) is 11.6. The largest absolute Gasteiger partial charge is 0.460 e. The smallest absolute Gasteiger partial charge is 0.374 e. The highest BCUT2D eigenvalue weighted by molar-refractivity contribution is 5.86. The third-order valence-electron chi connectivity index (χ3n) is 2.14. The third-order valence-corrected chi connectivity index (χ3v) is 2.14. The topological polar surface area (TPSA) is 63.2 Å². The molecule has 0 atom stereocenters. The van der Waals surface area contributed by atoms with Crippen molar-refractivity contribution in [2.24, 2.45) is 0 Å². The minimum absolute atomic E-state index is 0.240. The summed E-state index contributed by atoms with van der Waals surface area (Å²) in [5, 5.41) is 8.32. The molecule has 0 amide bonds. The molecule has 0 aliphatic carbocycles. The van der Waals surface area contributed by atoms with Crippen LogP contribution in [0.2, 0.25) is 0 Å². The summed E-state index contributed by atoms with van der Waals surface area (Å²) in [5.74, 6) is -0.175. The fourth-order valence-corrected chi connectivity index (χ4v) is 1.29. The van der Waals surface area contributed by atoms with E-state index in [1.54, 1.807) is 12.1 Å². The molecule has 0 saturated heterocycles. The number of hydrogen-bond acceptors (Lipinski definition) is 4. The fraction of sp³-hybridized carbons (Fsp3) is 0.500. The Morgan fingerprint density at radius 3 is 2.88 bits per heavy atom. The van der Waals surface area contributed by atoms with Crippen LogP contribution in [0.15, 0.2) is 22.8 Å². The van der Waals surface area contributed by atoms with Crippen molar-refractivity contribution in [3.63, 3.8) is 0 Å². The summed E-state index contributed by atoms with van der Waals surface area (Å²) < 4.78 is 9.89. The Bertz CT molecular complexity index is 338. The van der Waals surface area contributed by atoms with E-state index in [0.29, 0.717) is 13.0 Å². The van der Waals surface area contributed by atoms with Crippen molar-refractivity contribution in [1.82, 2.24) is 0 Å². The summed E-state index contributed by atoms with van der Waals surface area (Å²) in [7, 11) is 0. The average molecular weight is 221 g/mol. The Morgan fingerprint density at radius 2 is 2.19 bits per heavy atom. The van der Waals surface area contributed by atoms with Gasteiger partial charge in [0.05, 0.1) is 18.9 Å². The molecular formula is C12H15NO3. The van der Waals surface area contributed by atoms with Gasteiger partial charge in [-0.3, -0.25) is 0 Å². The molecule has 0 spiro atoms. The van der Waals surface area contributed by atoms with Crippen LogP contribution in [0.1, 0.15) is 42.7 Å². The molecule has 0 radical (unpaired) electrons. The van der Waals surface area contributed by atoms with Crippen LogP contribution in [0, 0.1) is 11.3 Å². The summed E-state index contributed by atoms with van der Waals surface area (Å²) >= 11 is 0. The number of nitriles is 1. The molecule has 0 unspecified atom stereocenters. The maximum Gasteiger partial charge on any atom is 0.374 e. The molecule has 4 nitrogen and oxygen atoms in total. The van der Waals surface area contributed by atoms with Crippen LogP contribution in [-0.2, 0) is 4.74 Å². The number of rotatable bonds is 7. The first kappa shape index (κ1) is 12.3. The van der Waals surface area contributed by atoms with E-state index in [0.717, 1.165) is 25.7 Å². The molecule has 0 saturated carbocycles. The van der Waals surface area contributed by atoms with E-state index in [1.807, 2.05) is 0 Å². The molecule has 1 aromatic heterocycles. The molecule has 0 bridgehead atoms. The van der Waals surface area contributed by atoms with E-state index in [9.17, 15) is 4.79 Å². The molecular weight excluding hydrogens is 206 g/mol. The highest BCUT2D eigenvalue weighted by atomic mass is 16.5. The standard InChI is InChI=1S/C12H15NO3/c13-8-4-2-1-3-5-9-16-12(14)11-7-6-10-15-11/h6-7,10H,1-5,9H2. The number of nitrogens with zero attached hydrogens (tertiary/aromatic N) is 1. The molecule has 4 heteroatoms. The summed E-state index contributed by atoms with van der Waals surface area (Å²) in [6, 6.07) is 5.33. The van der Waals surface area contributed by atoms with Crippen molar-refractivity contribution in [2.45, 2.75) is 32.1 Å². The minimum Gasteiger partial charge on any atom is -0.460 e. The van der Waals surface area contributed by atoms with Gasteiger partial charge in [-0.15, -0.1) is 0 Å². The van der Waals surface area contributed by atoms with Crippen LogP contribution >= 0.6 is 0 Å². The maximum atomic E-state index is 11.3. The first-order valence-corrected chi connectivity index (χ1v) is 5.42. The third kappa shape index (κ3) is 4.65. The number of unbranched alkanes of at least 4 members (excludes halogenated alkanes) is 4. The van der Waals surface area contributed by atoms with Crippen molar-refractivity contribution < 1.29 is 13.9 Å². The van der Waals surface area contributed by atoms with Gasteiger partial charge < -0.3 is 9.15 Å². The quantitative estimate of drug-likeness (QED) is 0.524. The zero-order valence-corrected chi connectivity index (χ0v) is 9.15. The second kappa shape index (κ2) is 7.52. The lowest BCUT2D eigenvalue weighted by molar-refractivity contribution is 0.0461. The van der Waals surface area contributed by atoms with Crippen LogP contribution in [0.5, 0.6) is 0 Å². The summed E-state index contributed by atoms with van der Waals surface area (Å²) in [4.78, 5) is 11.3. The molecule has 16 heavy (non-hydrogen) atoms. The van der Waals surface area contributed by atoms with E-state index < -0.39 is 5.97 Å². The second-order valence-electron chi connectivity index (χ2n) is 3.44. The Hall–Kier alpha value is -1.76. The Balaban J connectivity index is 2.00. The van der Waals surface area contributed by atoms with Crippen molar-refractivity contribution in [3.05, 3.63) is 24.2 Å². The molecule has 1 heterocycles. The molecule has 0 fully saturated rings. The lowest BCUT2D eigenvalue weighted by Gasteiger charge is -2.02. The maximum absolute atomic E-state index is 11.3. The Labute approximate surface area is 94.8 Å². The van der Waals surface area contributed by atoms with Gasteiger partial charge in [-0.2, -0.15) is 5.26 Å². The molecule has 0 aliphatic heterocycles. The summed E-state index contributed by atoms with van der Waals surface area (Å²) in [5.41, 5.74) is 0.